The normalized spacial score (nSPS) is 13.8. The SMILES string of the molecule is CCC(CCNC(=O)NC(C)C(CC)CC)CCC(=O)O. The summed E-state index contributed by atoms with van der Waals surface area (Å²) in [7, 11) is 0. The molecule has 2 amide bonds. The van der Waals surface area contributed by atoms with Gasteiger partial charge in [-0.2, -0.15) is 0 Å². The van der Waals surface area contributed by atoms with Crippen molar-refractivity contribution in [3.05, 3.63) is 0 Å². The summed E-state index contributed by atoms with van der Waals surface area (Å²) in [6.45, 7) is 8.97. The fraction of sp³-hybridized carbons (Fsp3) is 0.875. The molecule has 0 saturated carbocycles. The van der Waals surface area contributed by atoms with Crippen LogP contribution in [-0.4, -0.2) is 29.7 Å². The third kappa shape index (κ3) is 9.32. The van der Waals surface area contributed by atoms with Gasteiger partial charge in [0.2, 0.25) is 0 Å². The van der Waals surface area contributed by atoms with Gasteiger partial charge in [-0.15, -0.1) is 0 Å². The number of carboxylic acids is 1. The molecule has 0 fully saturated rings. The largest absolute Gasteiger partial charge is 0.481 e. The van der Waals surface area contributed by atoms with Gasteiger partial charge in [-0.1, -0.05) is 40.0 Å². The summed E-state index contributed by atoms with van der Waals surface area (Å²) >= 11 is 0. The summed E-state index contributed by atoms with van der Waals surface area (Å²) < 4.78 is 0. The van der Waals surface area contributed by atoms with E-state index < -0.39 is 5.97 Å². The number of hydrogen-bond donors (Lipinski definition) is 3. The Bertz CT molecular complexity index is 304. The van der Waals surface area contributed by atoms with Gasteiger partial charge in [-0.3, -0.25) is 4.79 Å². The first-order valence-electron chi connectivity index (χ1n) is 8.20. The molecule has 0 heterocycles. The third-order valence-corrected chi connectivity index (χ3v) is 4.30. The van der Waals surface area contributed by atoms with Gasteiger partial charge in [-0.25, -0.2) is 4.79 Å². The highest BCUT2D eigenvalue weighted by Crippen LogP contribution is 2.15. The topological polar surface area (TPSA) is 78.4 Å². The minimum Gasteiger partial charge on any atom is -0.481 e. The van der Waals surface area contributed by atoms with Crippen LogP contribution in [0.5, 0.6) is 0 Å². The van der Waals surface area contributed by atoms with Gasteiger partial charge >= 0.3 is 12.0 Å². The molecule has 124 valence electrons. The molecule has 0 aromatic carbocycles. The first-order chi connectivity index (χ1) is 9.94. The summed E-state index contributed by atoms with van der Waals surface area (Å²) in [6, 6.07) is 0.0523. The smallest absolute Gasteiger partial charge is 0.315 e. The number of nitrogens with one attached hydrogen (secondary N) is 2. The standard InChI is InChI=1S/C16H32N2O3/c1-5-13(8-9-15(19)20)10-11-17-16(21)18-12(4)14(6-2)7-3/h12-14H,5-11H2,1-4H3,(H,19,20)(H2,17,18,21). The van der Waals surface area contributed by atoms with E-state index in [0.717, 1.165) is 25.7 Å². The van der Waals surface area contributed by atoms with Crippen molar-refractivity contribution in [3.63, 3.8) is 0 Å². The quantitative estimate of drug-likeness (QED) is 0.547. The Balaban J connectivity index is 3.93. The van der Waals surface area contributed by atoms with Crippen molar-refractivity contribution in [3.8, 4) is 0 Å². The molecule has 0 rings (SSSR count). The highest BCUT2D eigenvalue weighted by molar-refractivity contribution is 5.74. The van der Waals surface area contributed by atoms with Crippen molar-refractivity contribution in [2.24, 2.45) is 11.8 Å². The molecule has 5 nitrogen and oxygen atoms in total. The molecule has 0 saturated heterocycles. The van der Waals surface area contributed by atoms with E-state index in [2.05, 4.69) is 31.4 Å². The van der Waals surface area contributed by atoms with Crippen LogP contribution in [0.4, 0.5) is 4.79 Å². The summed E-state index contributed by atoms with van der Waals surface area (Å²) in [6.07, 6.45) is 4.78. The maximum Gasteiger partial charge on any atom is 0.315 e. The van der Waals surface area contributed by atoms with Crippen LogP contribution >= 0.6 is 0 Å². The molecule has 0 aromatic rings. The van der Waals surface area contributed by atoms with Crippen LogP contribution in [0.1, 0.15) is 66.2 Å². The molecule has 0 bridgehead atoms. The lowest BCUT2D eigenvalue weighted by Crippen LogP contribution is -2.44. The Labute approximate surface area is 128 Å². The molecular formula is C16H32N2O3. The Kier molecular flexibility index (Phi) is 10.7. The van der Waals surface area contributed by atoms with Crippen LogP contribution in [-0.2, 0) is 4.79 Å². The van der Waals surface area contributed by atoms with E-state index in [0.29, 0.717) is 24.8 Å². The Morgan fingerprint density at radius 2 is 1.67 bits per heavy atom. The lowest BCUT2D eigenvalue weighted by Gasteiger charge is -2.23. The average Bonchev–Trinajstić information content (AvgIpc) is 2.43. The zero-order chi connectivity index (χ0) is 16.3. The lowest BCUT2D eigenvalue weighted by atomic mass is 9.95. The molecule has 3 N–H and O–H groups in total. The van der Waals surface area contributed by atoms with Crippen molar-refractivity contribution in [2.45, 2.75) is 72.3 Å². The van der Waals surface area contributed by atoms with Gasteiger partial charge in [-0.05, 0) is 31.6 Å². The van der Waals surface area contributed by atoms with Crippen LogP contribution in [0.15, 0.2) is 0 Å². The molecule has 0 aromatic heterocycles. The van der Waals surface area contributed by atoms with Gasteiger partial charge in [0, 0.05) is 19.0 Å². The molecule has 21 heavy (non-hydrogen) atoms. The summed E-state index contributed by atoms with van der Waals surface area (Å²) in [5.41, 5.74) is 0. The van der Waals surface area contributed by atoms with Gasteiger partial charge in [0.25, 0.3) is 0 Å². The first kappa shape index (κ1) is 19.7. The number of carboxylic acid groups (broad SMARTS) is 1. The molecule has 5 heteroatoms. The number of rotatable bonds is 11. The Morgan fingerprint density at radius 3 is 2.14 bits per heavy atom. The molecule has 2 unspecified atom stereocenters. The molecule has 0 aliphatic rings. The Hall–Kier alpha value is -1.26. The van der Waals surface area contributed by atoms with Crippen LogP contribution in [0.3, 0.4) is 0 Å². The van der Waals surface area contributed by atoms with E-state index in [-0.39, 0.29) is 18.5 Å². The minimum atomic E-state index is -0.752. The number of carbonyl (C=O) groups excluding carboxylic acids is 1. The second-order valence-electron chi connectivity index (χ2n) is 5.76. The van der Waals surface area contributed by atoms with E-state index in [1.807, 2.05) is 6.92 Å². The molecule has 0 spiro atoms. The lowest BCUT2D eigenvalue weighted by molar-refractivity contribution is -0.137. The van der Waals surface area contributed by atoms with Crippen LogP contribution in [0, 0.1) is 11.8 Å². The molecule has 0 aliphatic carbocycles. The Morgan fingerprint density at radius 1 is 1.05 bits per heavy atom. The number of amides is 2. The van der Waals surface area contributed by atoms with Crippen molar-refractivity contribution < 1.29 is 14.7 Å². The van der Waals surface area contributed by atoms with E-state index in [4.69, 9.17) is 5.11 Å². The number of urea groups is 1. The molecule has 0 aliphatic heterocycles. The van der Waals surface area contributed by atoms with Gasteiger partial charge < -0.3 is 15.7 Å². The zero-order valence-electron chi connectivity index (χ0n) is 13.9. The maximum atomic E-state index is 11.8. The predicted molar refractivity (Wildman–Crippen MR) is 85.3 cm³/mol. The fourth-order valence-electron chi connectivity index (χ4n) is 2.64. The number of aliphatic carboxylic acids is 1. The number of carbonyl (C=O) groups is 2. The van der Waals surface area contributed by atoms with Crippen LogP contribution in [0.25, 0.3) is 0 Å². The van der Waals surface area contributed by atoms with E-state index in [1.165, 1.54) is 0 Å². The minimum absolute atomic E-state index is 0.123. The number of hydrogen-bond acceptors (Lipinski definition) is 2. The first-order valence-corrected chi connectivity index (χ1v) is 8.20. The van der Waals surface area contributed by atoms with E-state index in [9.17, 15) is 9.59 Å². The zero-order valence-corrected chi connectivity index (χ0v) is 13.9. The third-order valence-electron chi connectivity index (χ3n) is 4.30. The van der Waals surface area contributed by atoms with Crippen LogP contribution < -0.4 is 10.6 Å². The summed E-state index contributed by atoms with van der Waals surface area (Å²) in [5, 5.41) is 14.5. The van der Waals surface area contributed by atoms with Crippen molar-refractivity contribution in [2.75, 3.05) is 6.54 Å². The predicted octanol–water partition coefficient (Wildman–Crippen LogP) is 3.39. The monoisotopic (exact) mass is 300 g/mol. The highest BCUT2D eigenvalue weighted by atomic mass is 16.4. The molecule has 2 atom stereocenters. The van der Waals surface area contributed by atoms with Crippen LogP contribution in [0.2, 0.25) is 0 Å². The average molecular weight is 300 g/mol. The second-order valence-corrected chi connectivity index (χ2v) is 5.76. The second kappa shape index (κ2) is 11.4. The van der Waals surface area contributed by atoms with Gasteiger partial charge in [0.05, 0.1) is 0 Å². The van der Waals surface area contributed by atoms with E-state index >= 15 is 0 Å². The molecule has 0 radical (unpaired) electrons. The van der Waals surface area contributed by atoms with Gasteiger partial charge in [0.15, 0.2) is 0 Å². The highest BCUT2D eigenvalue weighted by Gasteiger charge is 2.15. The maximum absolute atomic E-state index is 11.8. The van der Waals surface area contributed by atoms with Crippen molar-refractivity contribution in [1.29, 1.82) is 0 Å². The summed E-state index contributed by atoms with van der Waals surface area (Å²) in [4.78, 5) is 22.4. The van der Waals surface area contributed by atoms with E-state index in [1.54, 1.807) is 0 Å². The van der Waals surface area contributed by atoms with Gasteiger partial charge in [0.1, 0.15) is 0 Å². The molecular weight excluding hydrogens is 268 g/mol. The van der Waals surface area contributed by atoms with Crippen molar-refractivity contribution in [1.82, 2.24) is 10.6 Å². The fourth-order valence-corrected chi connectivity index (χ4v) is 2.64. The summed E-state index contributed by atoms with van der Waals surface area (Å²) in [5.74, 6) is 0.116. The van der Waals surface area contributed by atoms with Crippen molar-refractivity contribution >= 4 is 12.0 Å².